The lowest BCUT2D eigenvalue weighted by Gasteiger charge is -2.12. The first-order chi connectivity index (χ1) is 9.38. The van der Waals surface area contributed by atoms with Crippen LogP contribution in [-0.2, 0) is 4.74 Å². The maximum absolute atomic E-state index is 5.44. The van der Waals surface area contributed by atoms with Crippen LogP contribution >= 0.6 is 0 Å². The van der Waals surface area contributed by atoms with Gasteiger partial charge in [-0.1, -0.05) is 48.5 Å². The summed E-state index contributed by atoms with van der Waals surface area (Å²) in [6.07, 6.45) is 1.46. The van der Waals surface area contributed by atoms with Gasteiger partial charge in [-0.2, -0.15) is 0 Å². The van der Waals surface area contributed by atoms with Crippen LogP contribution in [0.5, 0.6) is 0 Å². The molecule has 3 rings (SSSR count). The van der Waals surface area contributed by atoms with Crippen LogP contribution in [0.15, 0.2) is 64.6 Å². The maximum atomic E-state index is 5.44. The van der Waals surface area contributed by atoms with Crippen LogP contribution < -0.4 is 0 Å². The molecule has 3 nitrogen and oxygen atoms in total. The number of nitrogens with zero attached hydrogens (tertiary/aromatic N) is 2. The number of methoxy groups -OCH3 is 1. The number of hydrogen-bond donors (Lipinski definition) is 0. The summed E-state index contributed by atoms with van der Waals surface area (Å²) in [5.41, 5.74) is 3.80. The Morgan fingerprint density at radius 2 is 1.68 bits per heavy atom. The third-order valence-electron chi connectivity index (χ3n) is 3.05. The number of aliphatic imine (C=N–C) groups is 2. The molecular weight excluding hydrogens is 236 g/mol. The van der Waals surface area contributed by atoms with Crippen molar-refractivity contribution in [3.05, 3.63) is 65.7 Å². The summed E-state index contributed by atoms with van der Waals surface area (Å²) in [4.78, 5) is 9.19. The van der Waals surface area contributed by atoms with Crippen molar-refractivity contribution in [1.82, 2.24) is 0 Å². The molecule has 1 aliphatic heterocycles. The number of fused-ring (bicyclic) bond motifs is 1. The van der Waals surface area contributed by atoms with Crippen LogP contribution in [0, 0.1) is 0 Å². The summed E-state index contributed by atoms with van der Waals surface area (Å²) < 4.78 is 5.44. The van der Waals surface area contributed by atoms with E-state index in [1.807, 2.05) is 60.8 Å². The van der Waals surface area contributed by atoms with E-state index in [0.29, 0.717) is 0 Å². The van der Waals surface area contributed by atoms with Crippen LogP contribution in [0.25, 0.3) is 0 Å². The molecule has 1 atom stereocenters. The van der Waals surface area contributed by atoms with Gasteiger partial charge in [-0.3, -0.25) is 4.99 Å². The first-order valence-electron chi connectivity index (χ1n) is 6.17. The van der Waals surface area contributed by atoms with Crippen molar-refractivity contribution in [2.24, 2.45) is 9.98 Å². The molecule has 0 spiro atoms. The zero-order valence-electron chi connectivity index (χ0n) is 10.7. The molecule has 1 unspecified atom stereocenters. The summed E-state index contributed by atoms with van der Waals surface area (Å²) in [6, 6.07) is 18.0. The van der Waals surface area contributed by atoms with Gasteiger partial charge in [0.2, 0.25) is 0 Å². The Morgan fingerprint density at radius 3 is 2.47 bits per heavy atom. The lowest BCUT2D eigenvalue weighted by molar-refractivity contribution is 0.164. The molecule has 3 heteroatoms. The Balaban J connectivity index is 2.15. The van der Waals surface area contributed by atoms with Crippen LogP contribution in [0.1, 0.15) is 11.1 Å². The van der Waals surface area contributed by atoms with Crippen molar-refractivity contribution in [3.8, 4) is 0 Å². The van der Waals surface area contributed by atoms with Crippen molar-refractivity contribution in [1.29, 1.82) is 0 Å². The minimum Gasteiger partial charge on any atom is -0.354 e. The van der Waals surface area contributed by atoms with Gasteiger partial charge in [0.15, 0.2) is 6.23 Å². The fourth-order valence-corrected chi connectivity index (χ4v) is 2.09. The molecule has 0 N–H and O–H groups in total. The highest BCUT2D eigenvalue weighted by Crippen LogP contribution is 2.23. The van der Waals surface area contributed by atoms with Gasteiger partial charge in [-0.25, -0.2) is 4.99 Å². The number of ether oxygens (including phenoxy) is 1. The van der Waals surface area contributed by atoms with Gasteiger partial charge in [0.05, 0.1) is 11.4 Å². The average molecular weight is 250 g/mol. The second-order valence-corrected chi connectivity index (χ2v) is 4.29. The molecule has 2 aromatic rings. The molecule has 0 saturated carbocycles. The van der Waals surface area contributed by atoms with Crippen LogP contribution in [0.3, 0.4) is 0 Å². The van der Waals surface area contributed by atoms with Gasteiger partial charge < -0.3 is 4.74 Å². The summed E-state index contributed by atoms with van der Waals surface area (Å²) >= 11 is 0. The van der Waals surface area contributed by atoms with Crippen molar-refractivity contribution in [2.75, 3.05) is 7.11 Å². The minimum atomic E-state index is -0.366. The van der Waals surface area contributed by atoms with Crippen molar-refractivity contribution >= 4 is 17.6 Å². The van der Waals surface area contributed by atoms with Gasteiger partial charge >= 0.3 is 0 Å². The van der Waals surface area contributed by atoms with E-state index in [2.05, 4.69) is 4.99 Å². The fraction of sp³-hybridized carbons (Fsp3) is 0.125. The highest BCUT2D eigenvalue weighted by atomic mass is 16.5. The predicted octanol–water partition coefficient (Wildman–Crippen LogP) is 3.21. The van der Waals surface area contributed by atoms with E-state index in [0.717, 1.165) is 22.5 Å². The molecule has 2 aromatic carbocycles. The minimum absolute atomic E-state index is 0.366. The second-order valence-electron chi connectivity index (χ2n) is 4.29. The molecule has 0 amide bonds. The van der Waals surface area contributed by atoms with E-state index in [1.54, 1.807) is 7.11 Å². The van der Waals surface area contributed by atoms with E-state index in [4.69, 9.17) is 9.73 Å². The van der Waals surface area contributed by atoms with E-state index in [1.165, 1.54) is 0 Å². The number of benzene rings is 2. The molecule has 94 valence electrons. The van der Waals surface area contributed by atoms with Gasteiger partial charge in [0, 0.05) is 24.5 Å². The first kappa shape index (κ1) is 11.8. The van der Waals surface area contributed by atoms with E-state index < -0.39 is 0 Å². The smallest absolute Gasteiger partial charge is 0.191 e. The van der Waals surface area contributed by atoms with Crippen molar-refractivity contribution in [2.45, 2.75) is 6.23 Å². The Labute approximate surface area is 112 Å². The van der Waals surface area contributed by atoms with Crippen LogP contribution in [-0.4, -0.2) is 25.3 Å². The van der Waals surface area contributed by atoms with Gasteiger partial charge in [-0.05, 0) is 6.07 Å². The van der Waals surface area contributed by atoms with E-state index in [-0.39, 0.29) is 6.23 Å². The topological polar surface area (TPSA) is 34.0 Å². The summed E-state index contributed by atoms with van der Waals surface area (Å²) in [5.74, 6) is 0. The standard InChI is InChI=1S/C16H14N2O/c1-19-16-15(12-7-3-2-4-8-12)18-14-10-6-5-9-13(14)11-17-16/h2-11,16H,1H3. The van der Waals surface area contributed by atoms with E-state index in [9.17, 15) is 0 Å². The fourth-order valence-electron chi connectivity index (χ4n) is 2.09. The Bertz CT molecular complexity index is 632. The predicted molar refractivity (Wildman–Crippen MR) is 77.5 cm³/mol. The molecule has 0 bridgehead atoms. The SMILES string of the molecule is COC1N=Cc2ccccc2N=C1c1ccccc1. The van der Waals surface area contributed by atoms with Crippen LogP contribution in [0.2, 0.25) is 0 Å². The Hall–Kier alpha value is -2.26. The molecule has 0 saturated heterocycles. The number of hydrogen-bond acceptors (Lipinski definition) is 3. The third-order valence-corrected chi connectivity index (χ3v) is 3.05. The number of para-hydroxylation sites is 1. The van der Waals surface area contributed by atoms with Gasteiger partial charge in [-0.15, -0.1) is 0 Å². The first-order valence-corrected chi connectivity index (χ1v) is 6.17. The second kappa shape index (κ2) is 5.16. The number of rotatable bonds is 2. The maximum Gasteiger partial charge on any atom is 0.191 e. The Kier molecular flexibility index (Phi) is 3.21. The molecule has 1 aliphatic rings. The van der Waals surface area contributed by atoms with Crippen LogP contribution in [0.4, 0.5) is 5.69 Å². The van der Waals surface area contributed by atoms with Crippen molar-refractivity contribution < 1.29 is 4.74 Å². The van der Waals surface area contributed by atoms with E-state index >= 15 is 0 Å². The zero-order valence-corrected chi connectivity index (χ0v) is 10.7. The molecule has 19 heavy (non-hydrogen) atoms. The third kappa shape index (κ3) is 2.33. The normalized spacial score (nSPS) is 17.5. The quantitative estimate of drug-likeness (QED) is 0.805. The lowest BCUT2D eigenvalue weighted by atomic mass is 10.1. The molecule has 0 aliphatic carbocycles. The highest BCUT2D eigenvalue weighted by molar-refractivity contribution is 6.08. The average Bonchev–Trinajstić information content (AvgIpc) is 2.67. The van der Waals surface area contributed by atoms with Gasteiger partial charge in [0.1, 0.15) is 0 Å². The summed E-state index contributed by atoms with van der Waals surface area (Å²) in [7, 11) is 1.65. The van der Waals surface area contributed by atoms with Gasteiger partial charge in [0.25, 0.3) is 0 Å². The molecule has 0 fully saturated rings. The largest absolute Gasteiger partial charge is 0.354 e. The Morgan fingerprint density at radius 1 is 0.947 bits per heavy atom. The molecule has 0 radical (unpaired) electrons. The van der Waals surface area contributed by atoms with Crippen molar-refractivity contribution in [3.63, 3.8) is 0 Å². The lowest BCUT2D eigenvalue weighted by Crippen LogP contribution is -2.21. The highest BCUT2D eigenvalue weighted by Gasteiger charge is 2.18. The molecular formula is C16H14N2O. The zero-order chi connectivity index (χ0) is 13.1. The molecule has 0 aromatic heterocycles. The monoisotopic (exact) mass is 250 g/mol. The molecule has 1 heterocycles. The summed E-state index contributed by atoms with van der Waals surface area (Å²) in [5, 5.41) is 0. The summed E-state index contributed by atoms with van der Waals surface area (Å²) in [6.45, 7) is 0.